The van der Waals surface area contributed by atoms with Crippen molar-refractivity contribution < 1.29 is 24.2 Å². The van der Waals surface area contributed by atoms with Gasteiger partial charge in [-0.05, 0) is 19.3 Å². The maximum atomic E-state index is 12.2. The third-order valence-corrected chi connectivity index (χ3v) is 4.74. The van der Waals surface area contributed by atoms with Gasteiger partial charge in [-0.15, -0.1) is 0 Å². The maximum Gasteiger partial charge on any atom is 0.352 e. The van der Waals surface area contributed by atoms with Crippen molar-refractivity contribution in [3.8, 4) is 0 Å². The normalized spacial score (nSPS) is 13.3. The van der Waals surface area contributed by atoms with Crippen LogP contribution in [0, 0.1) is 5.92 Å². The zero-order valence-corrected chi connectivity index (χ0v) is 17.8. The van der Waals surface area contributed by atoms with E-state index in [2.05, 4.69) is 13.5 Å². The Labute approximate surface area is 165 Å². The summed E-state index contributed by atoms with van der Waals surface area (Å²) >= 11 is 0. The second-order valence-corrected chi connectivity index (χ2v) is 7.78. The van der Waals surface area contributed by atoms with Gasteiger partial charge >= 0.3 is 11.9 Å². The largest absolute Gasteiger partial charge is 0.463 e. The quantitative estimate of drug-likeness (QED) is 0.231. The number of hydrogen-bond acceptors (Lipinski definition) is 5. The minimum absolute atomic E-state index is 0.0943. The van der Waals surface area contributed by atoms with Crippen LogP contribution in [0.5, 0.6) is 0 Å². The minimum Gasteiger partial charge on any atom is -0.463 e. The van der Waals surface area contributed by atoms with E-state index in [1.54, 1.807) is 0 Å². The number of rotatable bonds is 16. The zero-order chi connectivity index (χ0) is 20.7. The molecule has 0 aliphatic rings. The highest BCUT2D eigenvalue weighted by molar-refractivity contribution is 5.91. The van der Waals surface area contributed by atoms with Gasteiger partial charge < -0.3 is 14.6 Å². The molecule has 0 amide bonds. The van der Waals surface area contributed by atoms with Crippen LogP contribution in [0.1, 0.15) is 91.9 Å². The van der Waals surface area contributed by atoms with Crippen LogP contribution in [0.3, 0.4) is 0 Å². The van der Waals surface area contributed by atoms with Gasteiger partial charge in [0.05, 0.1) is 13.2 Å². The minimum atomic E-state index is -1.69. The Morgan fingerprint density at radius 1 is 0.963 bits per heavy atom. The molecule has 1 N–H and O–H groups in total. The van der Waals surface area contributed by atoms with E-state index in [-0.39, 0.29) is 18.1 Å². The molecule has 0 bridgehead atoms. The number of unbranched alkanes of at least 4 members (excludes halogenated alkanes) is 9. The van der Waals surface area contributed by atoms with Crippen molar-refractivity contribution in [1.29, 1.82) is 0 Å². The first kappa shape index (κ1) is 25.6. The molecule has 5 heteroatoms. The molecule has 0 rings (SSSR count). The lowest BCUT2D eigenvalue weighted by Gasteiger charge is -2.26. The van der Waals surface area contributed by atoms with Gasteiger partial charge in [0.15, 0.2) is 0 Å². The van der Waals surface area contributed by atoms with Gasteiger partial charge in [-0.2, -0.15) is 0 Å². The van der Waals surface area contributed by atoms with Crippen LogP contribution in [0.25, 0.3) is 0 Å². The van der Waals surface area contributed by atoms with Gasteiger partial charge in [0.25, 0.3) is 0 Å². The zero-order valence-electron chi connectivity index (χ0n) is 17.8. The lowest BCUT2D eigenvalue weighted by atomic mass is 10.0. The molecule has 1 atom stereocenters. The molecule has 158 valence electrons. The van der Waals surface area contributed by atoms with Crippen molar-refractivity contribution in [2.45, 2.75) is 97.5 Å². The van der Waals surface area contributed by atoms with Crippen LogP contribution in [0.2, 0.25) is 0 Å². The molecular formula is C22H40O5. The lowest BCUT2D eigenvalue weighted by Crippen LogP contribution is -2.45. The number of ether oxygens (including phenoxy) is 2. The van der Waals surface area contributed by atoms with Gasteiger partial charge in [-0.3, -0.25) is 0 Å². The highest BCUT2D eigenvalue weighted by Gasteiger charge is 2.39. The van der Waals surface area contributed by atoms with Gasteiger partial charge in [0.2, 0.25) is 5.60 Å². The van der Waals surface area contributed by atoms with E-state index in [9.17, 15) is 14.7 Å². The molecule has 0 aliphatic carbocycles. The van der Waals surface area contributed by atoms with Crippen LogP contribution in [0.15, 0.2) is 12.2 Å². The predicted octanol–water partition coefficient (Wildman–Crippen LogP) is 4.96. The summed E-state index contributed by atoms with van der Waals surface area (Å²) in [6, 6.07) is 0. The van der Waals surface area contributed by atoms with Gasteiger partial charge in [0.1, 0.15) is 0 Å². The van der Waals surface area contributed by atoms with Gasteiger partial charge in [0, 0.05) is 5.57 Å². The van der Waals surface area contributed by atoms with Crippen LogP contribution < -0.4 is 0 Å². The summed E-state index contributed by atoms with van der Waals surface area (Å²) in [4.78, 5) is 24.2. The standard InChI is InChI=1S/C22H40O5/c1-6-7-8-9-10-11-12-13-14-15-16-26-21(25)22(5,17-23)27-20(24)19(4)18(2)3/h18,23H,4,6-17H2,1-3,5H3. The molecule has 0 aromatic carbocycles. The number of carbonyl (C=O) groups is 2. The summed E-state index contributed by atoms with van der Waals surface area (Å²) in [6.07, 6.45) is 12.0. The monoisotopic (exact) mass is 384 g/mol. The molecule has 0 aromatic heterocycles. The van der Waals surface area contributed by atoms with E-state index in [1.807, 2.05) is 13.8 Å². The van der Waals surface area contributed by atoms with Crippen molar-refractivity contribution in [2.24, 2.45) is 5.92 Å². The molecular weight excluding hydrogens is 344 g/mol. The van der Waals surface area contributed by atoms with Crippen molar-refractivity contribution in [3.63, 3.8) is 0 Å². The molecule has 0 heterocycles. The summed E-state index contributed by atoms with van der Waals surface area (Å²) in [5.41, 5.74) is -1.43. The van der Waals surface area contributed by atoms with Crippen LogP contribution >= 0.6 is 0 Å². The predicted molar refractivity (Wildman–Crippen MR) is 108 cm³/mol. The average Bonchev–Trinajstić information content (AvgIpc) is 2.64. The second-order valence-electron chi connectivity index (χ2n) is 7.78. The average molecular weight is 385 g/mol. The summed E-state index contributed by atoms with van der Waals surface area (Å²) in [7, 11) is 0. The fourth-order valence-corrected chi connectivity index (χ4v) is 2.55. The second kappa shape index (κ2) is 14.7. The Kier molecular flexibility index (Phi) is 13.9. The van der Waals surface area contributed by atoms with E-state index in [0.717, 1.165) is 19.3 Å². The van der Waals surface area contributed by atoms with E-state index < -0.39 is 24.1 Å². The van der Waals surface area contributed by atoms with Crippen LogP contribution in [-0.2, 0) is 19.1 Å². The summed E-state index contributed by atoms with van der Waals surface area (Å²) in [5.74, 6) is -1.49. The first-order valence-corrected chi connectivity index (χ1v) is 10.5. The molecule has 27 heavy (non-hydrogen) atoms. The third-order valence-electron chi connectivity index (χ3n) is 4.74. The Morgan fingerprint density at radius 3 is 1.89 bits per heavy atom. The number of esters is 2. The maximum absolute atomic E-state index is 12.2. The molecule has 0 saturated carbocycles. The lowest BCUT2D eigenvalue weighted by molar-refractivity contribution is -0.183. The topological polar surface area (TPSA) is 72.8 Å². The fraction of sp³-hybridized carbons (Fsp3) is 0.818. The molecule has 0 saturated heterocycles. The first-order valence-electron chi connectivity index (χ1n) is 10.5. The van der Waals surface area contributed by atoms with Crippen molar-refractivity contribution in [3.05, 3.63) is 12.2 Å². The van der Waals surface area contributed by atoms with Crippen LogP contribution in [-0.4, -0.2) is 35.9 Å². The molecule has 0 aromatic rings. The van der Waals surface area contributed by atoms with Crippen molar-refractivity contribution in [1.82, 2.24) is 0 Å². The van der Waals surface area contributed by atoms with Gasteiger partial charge in [-0.25, -0.2) is 9.59 Å². The van der Waals surface area contributed by atoms with Crippen LogP contribution in [0.4, 0.5) is 0 Å². The van der Waals surface area contributed by atoms with E-state index in [1.165, 1.54) is 51.9 Å². The smallest absolute Gasteiger partial charge is 0.352 e. The first-order chi connectivity index (χ1) is 12.8. The van der Waals surface area contributed by atoms with E-state index in [4.69, 9.17) is 9.47 Å². The van der Waals surface area contributed by atoms with Crippen molar-refractivity contribution >= 4 is 11.9 Å². The summed E-state index contributed by atoms with van der Waals surface area (Å²) in [5, 5.41) is 9.49. The molecule has 0 radical (unpaired) electrons. The number of aliphatic hydroxyl groups excluding tert-OH is 1. The molecule has 1 unspecified atom stereocenters. The highest BCUT2D eigenvalue weighted by atomic mass is 16.6. The Balaban J connectivity index is 3.97. The summed E-state index contributed by atoms with van der Waals surface area (Å²) in [6.45, 7) is 10.5. The molecule has 5 nitrogen and oxygen atoms in total. The number of hydrogen-bond donors (Lipinski definition) is 1. The Hall–Kier alpha value is -1.36. The Bertz CT molecular complexity index is 444. The third kappa shape index (κ3) is 11.2. The van der Waals surface area contributed by atoms with Crippen molar-refractivity contribution in [2.75, 3.05) is 13.2 Å². The van der Waals surface area contributed by atoms with E-state index >= 15 is 0 Å². The Morgan fingerprint density at radius 2 is 1.44 bits per heavy atom. The SMILES string of the molecule is C=C(C(=O)OC(C)(CO)C(=O)OCCCCCCCCCCCC)C(C)C. The molecule has 0 fully saturated rings. The van der Waals surface area contributed by atoms with E-state index in [0.29, 0.717) is 0 Å². The summed E-state index contributed by atoms with van der Waals surface area (Å²) < 4.78 is 10.4. The molecule has 0 spiro atoms. The number of carbonyl (C=O) groups excluding carboxylic acids is 2. The highest BCUT2D eigenvalue weighted by Crippen LogP contribution is 2.18. The van der Waals surface area contributed by atoms with Gasteiger partial charge in [-0.1, -0.05) is 85.1 Å². The number of aliphatic hydroxyl groups is 1. The molecule has 0 aliphatic heterocycles. The fourth-order valence-electron chi connectivity index (χ4n) is 2.55.